The highest BCUT2D eigenvalue weighted by atomic mass is 32.2. The van der Waals surface area contributed by atoms with Gasteiger partial charge in [-0.2, -0.15) is 8.61 Å². The van der Waals surface area contributed by atoms with E-state index in [1.54, 1.807) is 32.3 Å². The Hall–Kier alpha value is -2.61. The molecule has 2 heterocycles. The number of aromatic nitrogens is 2. The smallest absolute Gasteiger partial charge is 0.251 e. The first kappa shape index (κ1) is 27.0. The number of piperazine rings is 1. The predicted molar refractivity (Wildman–Crippen MR) is 133 cm³/mol. The first-order valence-electron chi connectivity index (χ1n) is 11.6. The zero-order valence-corrected chi connectivity index (χ0v) is 21.6. The molecule has 1 amide bonds. The van der Waals surface area contributed by atoms with E-state index in [9.17, 15) is 21.6 Å². The van der Waals surface area contributed by atoms with Crippen molar-refractivity contribution >= 4 is 31.9 Å². The Kier molecular flexibility index (Phi) is 9.16. The van der Waals surface area contributed by atoms with Crippen molar-refractivity contribution in [1.29, 1.82) is 0 Å². The van der Waals surface area contributed by atoms with Crippen LogP contribution in [0.15, 0.2) is 47.6 Å². The molecular weight excluding hydrogens is 492 g/mol. The van der Waals surface area contributed by atoms with Crippen LogP contribution in [-0.4, -0.2) is 92.9 Å². The number of carbonyl (C=O) groups excluding carboxylic acids is 1. The van der Waals surface area contributed by atoms with Crippen molar-refractivity contribution < 1.29 is 21.6 Å². The zero-order chi connectivity index (χ0) is 25.5. The van der Waals surface area contributed by atoms with Gasteiger partial charge in [0.2, 0.25) is 26.0 Å². The molecule has 1 saturated heterocycles. The Bertz CT molecular complexity index is 1180. The fourth-order valence-electron chi connectivity index (χ4n) is 3.80. The van der Waals surface area contributed by atoms with E-state index in [4.69, 9.17) is 0 Å². The van der Waals surface area contributed by atoms with Crippen LogP contribution in [0, 0.1) is 0 Å². The van der Waals surface area contributed by atoms with Gasteiger partial charge in [-0.05, 0) is 36.8 Å². The van der Waals surface area contributed by atoms with Gasteiger partial charge in [0.25, 0.3) is 5.91 Å². The van der Waals surface area contributed by atoms with Crippen LogP contribution < -0.4 is 10.2 Å². The number of nitrogens with one attached hydrogen (secondary N) is 1. The molecule has 1 fully saturated rings. The topological polar surface area (TPSA) is 133 Å². The van der Waals surface area contributed by atoms with E-state index in [-0.39, 0.29) is 29.5 Å². The Morgan fingerprint density at radius 2 is 1.57 bits per heavy atom. The third-order valence-corrected chi connectivity index (χ3v) is 9.81. The van der Waals surface area contributed by atoms with E-state index in [1.165, 1.54) is 32.9 Å². The second-order valence-corrected chi connectivity index (χ2v) is 12.0. The van der Waals surface area contributed by atoms with Gasteiger partial charge >= 0.3 is 0 Å². The Morgan fingerprint density at radius 3 is 2.14 bits per heavy atom. The van der Waals surface area contributed by atoms with Crippen molar-refractivity contribution in [1.82, 2.24) is 23.9 Å². The van der Waals surface area contributed by atoms with Crippen molar-refractivity contribution in [2.45, 2.75) is 25.2 Å². The summed E-state index contributed by atoms with van der Waals surface area (Å²) in [6.07, 6.45) is 3.58. The van der Waals surface area contributed by atoms with Gasteiger partial charge in [0.05, 0.1) is 10.6 Å². The number of hydrogen-bond donors (Lipinski definition) is 1. The summed E-state index contributed by atoms with van der Waals surface area (Å²) in [5.41, 5.74) is 0.311. The van der Waals surface area contributed by atoms with Crippen LogP contribution in [-0.2, 0) is 20.0 Å². The number of benzene rings is 1. The average molecular weight is 525 g/mol. The fourth-order valence-corrected chi connectivity index (χ4v) is 6.74. The second-order valence-electron chi connectivity index (χ2n) is 7.97. The van der Waals surface area contributed by atoms with Gasteiger partial charge in [0.1, 0.15) is 0 Å². The molecule has 2 aromatic rings. The fraction of sp³-hybridized carbons (Fsp3) is 0.500. The van der Waals surface area contributed by atoms with Crippen molar-refractivity contribution in [3.63, 3.8) is 0 Å². The minimum absolute atomic E-state index is 0.0732. The van der Waals surface area contributed by atoms with Crippen molar-refractivity contribution in [2.75, 3.05) is 56.5 Å². The second kappa shape index (κ2) is 11.9. The molecule has 0 spiro atoms. The highest BCUT2D eigenvalue weighted by molar-refractivity contribution is 7.89. The monoisotopic (exact) mass is 524 g/mol. The first-order valence-corrected chi connectivity index (χ1v) is 14.6. The van der Waals surface area contributed by atoms with Crippen LogP contribution in [0.5, 0.6) is 0 Å². The van der Waals surface area contributed by atoms with Gasteiger partial charge in [-0.1, -0.05) is 13.8 Å². The van der Waals surface area contributed by atoms with E-state index in [1.807, 2.05) is 4.90 Å². The number of amides is 1. The molecule has 3 rings (SSSR count). The van der Waals surface area contributed by atoms with Gasteiger partial charge in [-0.3, -0.25) is 4.79 Å². The Labute approximate surface area is 207 Å². The van der Waals surface area contributed by atoms with Crippen LogP contribution in [0.1, 0.15) is 30.6 Å². The molecule has 0 bridgehead atoms. The molecule has 0 radical (unpaired) electrons. The summed E-state index contributed by atoms with van der Waals surface area (Å²) in [7, 11) is -7.03. The van der Waals surface area contributed by atoms with Gasteiger partial charge in [0.15, 0.2) is 0 Å². The van der Waals surface area contributed by atoms with Crippen LogP contribution in [0.4, 0.5) is 5.95 Å². The van der Waals surface area contributed by atoms with Crippen LogP contribution in [0.2, 0.25) is 0 Å². The SMILES string of the molecule is CCN(CC)S(=O)(=O)c1ccc(C(=O)NCCCS(=O)(=O)N2CCN(c3ncccn3)CC2)cc1. The lowest BCUT2D eigenvalue weighted by Crippen LogP contribution is -2.49. The summed E-state index contributed by atoms with van der Waals surface area (Å²) < 4.78 is 53.3. The molecule has 0 unspecified atom stereocenters. The Morgan fingerprint density at radius 1 is 0.971 bits per heavy atom. The number of anilines is 1. The molecule has 0 aliphatic carbocycles. The van der Waals surface area contributed by atoms with Crippen molar-refractivity contribution in [2.24, 2.45) is 0 Å². The van der Waals surface area contributed by atoms with Crippen molar-refractivity contribution in [3.05, 3.63) is 48.3 Å². The Balaban J connectivity index is 1.45. The third-order valence-electron chi connectivity index (χ3n) is 5.79. The molecule has 1 N–H and O–H groups in total. The van der Waals surface area contributed by atoms with Gasteiger partial charge in [-0.15, -0.1) is 0 Å². The largest absolute Gasteiger partial charge is 0.352 e. The van der Waals surface area contributed by atoms with Crippen molar-refractivity contribution in [3.8, 4) is 0 Å². The third kappa shape index (κ3) is 6.75. The zero-order valence-electron chi connectivity index (χ0n) is 20.0. The first-order chi connectivity index (χ1) is 16.7. The highest BCUT2D eigenvalue weighted by Gasteiger charge is 2.27. The molecular formula is C22H32N6O5S2. The maximum Gasteiger partial charge on any atom is 0.251 e. The number of hydrogen-bond acceptors (Lipinski definition) is 8. The van der Waals surface area contributed by atoms with E-state index >= 15 is 0 Å². The molecule has 13 heteroatoms. The minimum Gasteiger partial charge on any atom is -0.352 e. The van der Waals surface area contributed by atoms with Crippen LogP contribution in [0.25, 0.3) is 0 Å². The van der Waals surface area contributed by atoms with Gasteiger partial charge < -0.3 is 10.2 Å². The molecule has 1 aliphatic rings. The lowest BCUT2D eigenvalue weighted by Gasteiger charge is -2.33. The van der Waals surface area contributed by atoms with Crippen LogP contribution >= 0.6 is 0 Å². The van der Waals surface area contributed by atoms with Gasteiger partial charge in [-0.25, -0.2) is 26.8 Å². The summed E-state index contributed by atoms with van der Waals surface area (Å²) in [4.78, 5) is 22.9. The van der Waals surface area contributed by atoms with E-state index in [2.05, 4.69) is 15.3 Å². The normalized spacial score (nSPS) is 15.3. The molecule has 192 valence electrons. The summed E-state index contributed by atoms with van der Waals surface area (Å²) >= 11 is 0. The molecule has 1 aromatic carbocycles. The summed E-state index contributed by atoms with van der Waals surface area (Å²) in [6, 6.07) is 7.47. The quantitative estimate of drug-likeness (QED) is 0.427. The standard InChI is InChI=1S/C22H32N6O5S2/c1-3-27(4-2)35(32,33)20-9-7-19(8-10-20)21(29)23-13-6-18-34(30,31)28-16-14-26(15-17-28)22-24-11-5-12-25-22/h5,7-12H,3-4,6,13-18H2,1-2H3,(H,23,29). The molecule has 35 heavy (non-hydrogen) atoms. The minimum atomic E-state index is -3.59. The van der Waals surface area contributed by atoms with E-state index in [0.717, 1.165) is 0 Å². The molecule has 11 nitrogen and oxygen atoms in total. The lowest BCUT2D eigenvalue weighted by molar-refractivity contribution is 0.0953. The van der Waals surface area contributed by atoms with Crippen LogP contribution in [0.3, 0.4) is 0 Å². The lowest BCUT2D eigenvalue weighted by atomic mass is 10.2. The van der Waals surface area contributed by atoms with Gasteiger partial charge in [0, 0.05) is 63.8 Å². The number of sulfonamides is 2. The summed E-state index contributed by atoms with van der Waals surface area (Å²) in [5, 5.41) is 2.70. The summed E-state index contributed by atoms with van der Waals surface area (Å²) in [5.74, 6) is 0.132. The highest BCUT2D eigenvalue weighted by Crippen LogP contribution is 2.16. The number of rotatable bonds is 11. The molecule has 1 aliphatic heterocycles. The number of carbonyl (C=O) groups is 1. The molecule has 0 saturated carbocycles. The summed E-state index contributed by atoms with van der Waals surface area (Å²) in [6.45, 7) is 6.19. The maximum atomic E-state index is 12.7. The average Bonchev–Trinajstić information content (AvgIpc) is 2.88. The predicted octanol–water partition coefficient (Wildman–Crippen LogP) is 0.779. The molecule has 1 aromatic heterocycles. The van der Waals surface area contributed by atoms with E-state index < -0.39 is 20.0 Å². The molecule has 0 atom stereocenters. The number of nitrogens with zero attached hydrogens (tertiary/aromatic N) is 5. The van der Waals surface area contributed by atoms with E-state index in [0.29, 0.717) is 50.8 Å². The maximum absolute atomic E-state index is 12.7.